The van der Waals surface area contributed by atoms with Crippen molar-refractivity contribution in [3.63, 3.8) is 0 Å². The monoisotopic (exact) mass is 468 g/mol. The first-order valence-corrected chi connectivity index (χ1v) is 12.0. The first-order chi connectivity index (χ1) is 16.0. The first kappa shape index (κ1) is 22.0. The number of likely N-dealkylation sites (tertiary alicyclic amines) is 1. The molecule has 3 heterocycles. The second-order valence-corrected chi connectivity index (χ2v) is 9.53. The Hall–Kier alpha value is -2.77. The standard InChI is InChI=1S/C25H29ClN4O3/c26-20-5-4-8-22(17-20)28-15-13-27(14-16-28)11-9-23(31)29-12-10-25(18-29)19-30(24(32)33-25)21-6-2-1-3-7-21/h1-8,17H,9-16,18-19H2/t25-/m1/s1. The predicted molar refractivity (Wildman–Crippen MR) is 129 cm³/mol. The maximum absolute atomic E-state index is 12.9. The van der Waals surface area contributed by atoms with E-state index in [0.717, 1.165) is 49.1 Å². The minimum absolute atomic E-state index is 0.137. The van der Waals surface area contributed by atoms with Gasteiger partial charge in [-0.2, -0.15) is 0 Å². The van der Waals surface area contributed by atoms with Gasteiger partial charge >= 0.3 is 6.09 Å². The Labute approximate surface area is 199 Å². The lowest BCUT2D eigenvalue weighted by molar-refractivity contribution is -0.131. The molecule has 3 saturated heterocycles. The van der Waals surface area contributed by atoms with Crippen LogP contribution in [-0.4, -0.2) is 79.8 Å². The molecule has 3 aliphatic rings. The first-order valence-electron chi connectivity index (χ1n) is 11.6. The van der Waals surface area contributed by atoms with Gasteiger partial charge in [-0.3, -0.25) is 14.6 Å². The number of nitrogens with zero attached hydrogens (tertiary/aromatic N) is 4. The number of piperazine rings is 1. The number of hydrogen-bond donors (Lipinski definition) is 0. The van der Waals surface area contributed by atoms with Crippen molar-refractivity contribution in [3.8, 4) is 0 Å². The summed E-state index contributed by atoms with van der Waals surface area (Å²) >= 11 is 6.12. The summed E-state index contributed by atoms with van der Waals surface area (Å²) in [5, 5.41) is 0.753. The van der Waals surface area contributed by atoms with Gasteiger partial charge < -0.3 is 14.5 Å². The molecule has 5 rings (SSSR count). The van der Waals surface area contributed by atoms with E-state index in [-0.39, 0.29) is 12.0 Å². The highest BCUT2D eigenvalue weighted by Crippen LogP contribution is 2.35. The van der Waals surface area contributed by atoms with E-state index in [1.165, 1.54) is 0 Å². The predicted octanol–water partition coefficient (Wildman–Crippen LogP) is 3.48. The molecule has 0 aromatic heterocycles. The lowest BCUT2D eigenvalue weighted by atomic mass is 10.0. The summed E-state index contributed by atoms with van der Waals surface area (Å²) in [5.41, 5.74) is 1.39. The third-order valence-electron chi connectivity index (χ3n) is 6.89. The van der Waals surface area contributed by atoms with E-state index in [1.54, 1.807) is 4.90 Å². The number of anilines is 2. The fourth-order valence-corrected chi connectivity index (χ4v) is 5.20. The van der Waals surface area contributed by atoms with E-state index >= 15 is 0 Å². The van der Waals surface area contributed by atoms with Crippen molar-refractivity contribution in [3.05, 3.63) is 59.6 Å². The number of para-hydroxylation sites is 1. The smallest absolute Gasteiger partial charge is 0.415 e. The van der Waals surface area contributed by atoms with Crippen LogP contribution in [0, 0.1) is 0 Å². The number of rotatable bonds is 5. The molecule has 2 aromatic carbocycles. The van der Waals surface area contributed by atoms with Crippen LogP contribution in [0.3, 0.4) is 0 Å². The quantitative estimate of drug-likeness (QED) is 0.672. The molecule has 2 amide bonds. The van der Waals surface area contributed by atoms with Crippen molar-refractivity contribution in [1.82, 2.24) is 9.80 Å². The van der Waals surface area contributed by atoms with Crippen LogP contribution in [0.25, 0.3) is 0 Å². The zero-order valence-electron chi connectivity index (χ0n) is 18.7. The molecule has 174 valence electrons. The van der Waals surface area contributed by atoms with E-state index in [0.29, 0.717) is 32.5 Å². The second kappa shape index (κ2) is 9.23. The summed E-state index contributed by atoms with van der Waals surface area (Å²) in [6.07, 6.45) is 0.850. The number of amides is 2. The lowest BCUT2D eigenvalue weighted by Gasteiger charge is -2.36. The minimum Gasteiger partial charge on any atom is -0.439 e. The average molecular weight is 469 g/mol. The fraction of sp³-hybridized carbons (Fsp3) is 0.440. The Bertz CT molecular complexity index is 1010. The van der Waals surface area contributed by atoms with E-state index in [4.69, 9.17) is 16.3 Å². The molecule has 1 spiro atoms. The Morgan fingerprint density at radius 2 is 1.70 bits per heavy atom. The third-order valence-corrected chi connectivity index (χ3v) is 7.13. The highest BCUT2D eigenvalue weighted by Gasteiger charge is 2.50. The van der Waals surface area contributed by atoms with Gasteiger partial charge in [-0.1, -0.05) is 35.9 Å². The highest BCUT2D eigenvalue weighted by molar-refractivity contribution is 6.30. The summed E-state index contributed by atoms with van der Waals surface area (Å²) < 4.78 is 5.78. The third kappa shape index (κ3) is 4.80. The van der Waals surface area contributed by atoms with Crippen LogP contribution in [0.2, 0.25) is 5.02 Å². The molecule has 8 heteroatoms. The van der Waals surface area contributed by atoms with Gasteiger partial charge in [0.05, 0.1) is 13.1 Å². The molecule has 0 unspecified atom stereocenters. The van der Waals surface area contributed by atoms with Gasteiger partial charge in [-0.15, -0.1) is 0 Å². The average Bonchev–Trinajstić information content (AvgIpc) is 3.40. The Morgan fingerprint density at radius 3 is 2.45 bits per heavy atom. The topological polar surface area (TPSA) is 56.3 Å². The van der Waals surface area contributed by atoms with E-state index < -0.39 is 5.60 Å². The largest absolute Gasteiger partial charge is 0.439 e. The summed E-state index contributed by atoms with van der Waals surface area (Å²) in [6.45, 7) is 6.05. The van der Waals surface area contributed by atoms with Crippen LogP contribution in [-0.2, 0) is 9.53 Å². The number of benzene rings is 2. The maximum Gasteiger partial charge on any atom is 0.415 e. The minimum atomic E-state index is -0.592. The summed E-state index contributed by atoms with van der Waals surface area (Å²) in [6, 6.07) is 17.5. The molecule has 7 nitrogen and oxygen atoms in total. The number of ether oxygens (including phenoxy) is 1. The maximum atomic E-state index is 12.9. The zero-order chi connectivity index (χ0) is 22.8. The summed E-state index contributed by atoms with van der Waals surface area (Å²) in [4.78, 5) is 33.6. The SMILES string of the molecule is O=C(CCN1CCN(c2cccc(Cl)c2)CC1)N1CC[C@@]2(C1)CN(c1ccccc1)C(=O)O2. The number of carbonyl (C=O) groups is 2. The van der Waals surface area contributed by atoms with E-state index in [2.05, 4.69) is 15.9 Å². The van der Waals surface area contributed by atoms with Crippen LogP contribution in [0.15, 0.2) is 54.6 Å². The van der Waals surface area contributed by atoms with Gasteiger partial charge in [-0.25, -0.2) is 4.79 Å². The number of halogens is 1. The summed E-state index contributed by atoms with van der Waals surface area (Å²) in [7, 11) is 0. The fourth-order valence-electron chi connectivity index (χ4n) is 5.01. The van der Waals surface area contributed by atoms with Gasteiger partial charge in [-0.05, 0) is 30.3 Å². The van der Waals surface area contributed by atoms with Crippen LogP contribution < -0.4 is 9.80 Å². The van der Waals surface area contributed by atoms with E-state index in [1.807, 2.05) is 53.4 Å². The zero-order valence-corrected chi connectivity index (χ0v) is 19.4. The Kier molecular flexibility index (Phi) is 6.17. The van der Waals surface area contributed by atoms with Gasteiger partial charge in [0.15, 0.2) is 5.60 Å². The molecule has 0 saturated carbocycles. The van der Waals surface area contributed by atoms with Gasteiger partial charge in [0, 0.05) is 68.5 Å². The molecule has 2 aromatic rings. The van der Waals surface area contributed by atoms with Crippen molar-refractivity contribution in [2.24, 2.45) is 0 Å². The van der Waals surface area contributed by atoms with Gasteiger partial charge in [0.1, 0.15) is 0 Å². The molecule has 0 N–H and O–H groups in total. The number of hydrogen-bond acceptors (Lipinski definition) is 5. The molecule has 0 radical (unpaired) electrons. The second-order valence-electron chi connectivity index (χ2n) is 9.10. The molecular weight excluding hydrogens is 440 g/mol. The van der Waals surface area contributed by atoms with Crippen molar-refractivity contribution < 1.29 is 14.3 Å². The van der Waals surface area contributed by atoms with Crippen molar-refractivity contribution in [2.45, 2.75) is 18.4 Å². The number of carbonyl (C=O) groups excluding carboxylic acids is 2. The van der Waals surface area contributed by atoms with Crippen molar-refractivity contribution in [1.29, 1.82) is 0 Å². The van der Waals surface area contributed by atoms with Crippen LogP contribution >= 0.6 is 11.6 Å². The molecule has 33 heavy (non-hydrogen) atoms. The summed E-state index contributed by atoms with van der Waals surface area (Å²) in [5.74, 6) is 0.137. The molecular formula is C25H29ClN4O3. The molecule has 3 aliphatic heterocycles. The van der Waals surface area contributed by atoms with Crippen molar-refractivity contribution >= 4 is 35.0 Å². The van der Waals surface area contributed by atoms with Gasteiger partial charge in [0.25, 0.3) is 0 Å². The Balaban J connectivity index is 1.09. The van der Waals surface area contributed by atoms with Crippen LogP contribution in [0.4, 0.5) is 16.2 Å². The lowest BCUT2D eigenvalue weighted by Crippen LogP contribution is -2.47. The molecule has 0 aliphatic carbocycles. The van der Waals surface area contributed by atoms with Gasteiger partial charge in [0.2, 0.25) is 5.91 Å². The van der Waals surface area contributed by atoms with Crippen molar-refractivity contribution in [2.75, 3.05) is 62.2 Å². The molecule has 1 atom stereocenters. The van der Waals surface area contributed by atoms with Crippen LogP contribution in [0.5, 0.6) is 0 Å². The Morgan fingerprint density at radius 1 is 0.939 bits per heavy atom. The van der Waals surface area contributed by atoms with Crippen LogP contribution in [0.1, 0.15) is 12.8 Å². The van der Waals surface area contributed by atoms with E-state index in [9.17, 15) is 9.59 Å². The molecule has 0 bridgehead atoms. The molecule has 3 fully saturated rings. The highest BCUT2D eigenvalue weighted by atomic mass is 35.5. The normalized spacial score (nSPS) is 23.4.